The van der Waals surface area contributed by atoms with E-state index in [2.05, 4.69) is 4.72 Å². The number of carbonyl (C=O) groups excluding carboxylic acids is 1. The SMILES string of the molecule is CCOC(=O)C(C)NS(=O)(=O)c1ccc(C(=O)O)cc1N. The maximum Gasteiger partial charge on any atom is 0.335 e. The molecule has 0 saturated carbocycles. The Labute approximate surface area is 122 Å². The lowest BCUT2D eigenvalue weighted by Crippen LogP contribution is -2.39. The summed E-state index contributed by atoms with van der Waals surface area (Å²) in [6, 6.07) is 2.13. The molecular weight excluding hydrogens is 300 g/mol. The minimum Gasteiger partial charge on any atom is -0.478 e. The van der Waals surface area contributed by atoms with E-state index in [1.807, 2.05) is 0 Å². The van der Waals surface area contributed by atoms with Crippen molar-refractivity contribution in [2.75, 3.05) is 12.3 Å². The standard InChI is InChI=1S/C12H16N2O6S/c1-3-20-12(17)7(2)14-21(18,19)10-5-4-8(11(15)16)6-9(10)13/h4-7,14H,3,13H2,1-2H3,(H,15,16). The molecule has 1 unspecified atom stereocenters. The Bertz CT molecular complexity index is 656. The highest BCUT2D eigenvalue weighted by molar-refractivity contribution is 7.89. The number of benzene rings is 1. The molecule has 0 aliphatic carbocycles. The number of esters is 1. The Morgan fingerprint density at radius 1 is 1.43 bits per heavy atom. The lowest BCUT2D eigenvalue weighted by molar-refractivity contribution is -0.144. The van der Waals surface area contributed by atoms with Gasteiger partial charge in [0.2, 0.25) is 10.0 Å². The van der Waals surface area contributed by atoms with E-state index in [0.717, 1.165) is 18.2 Å². The van der Waals surface area contributed by atoms with Crippen molar-refractivity contribution >= 4 is 27.6 Å². The number of carbonyl (C=O) groups is 2. The maximum absolute atomic E-state index is 12.1. The molecule has 1 atom stereocenters. The minimum absolute atomic E-state index is 0.125. The molecule has 1 aromatic carbocycles. The lowest BCUT2D eigenvalue weighted by atomic mass is 10.2. The summed E-state index contributed by atoms with van der Waals surface area (Å²) in [5.41, 5.74) is 5.20. The molecule has 1 aromatic rings. The number of aromatic carboxylic acids is 1. The zero-order valence-corrected chi connectivity index (χ0v) is 12.3. The molecule has 0 amide bonds. The Hall–Kier alpha value is -2.13. The normalized spacial score (nSPS) is 12.7. The third-order valence-corrected chi connectivity index (χ3v) is 4.13. The van der Waals surface area contributed by atoms with Crippen LogP contribution in [0.15, 0.2) is 23.1 Å². The van der Waals surface area contributed by atoms with Gasteiger partial charge < -0.3 is 15.6 Å². The second kappa shape index (κ2) is 6.55. The van der Waals surface area contributed by atoms with Gasteiger partial charge in [0.15, 0.2) is 0 Å². The number of carboxylic acids is 1. The van der Waals surface area contributed by atoms with E-state index in [0.29, 0.717) is 0 Å². The van der Waals surface area contributed by atoms with Crippen molar-refractivity contribution < 1.29 is 27.9 Å². The molecule has 0 aliphatic rings. The zero-order valence-electron chi connectivity index (χ0n) is 11.5. The second-order valence-corrected chi connectivity index (χ2v) is 5.84. The minimum atomic E-state index is -4.06. The monoisotopic (exact) mass is 316 g/mol. The van der Waals surface area contributed by atoms with Crippen LogP contribution in [-0.4, -0.2) is 38.1 Å². The van der Waals surface area contributed by atoms with Gasteiger partial charge in [-0.2, -0.15) is 4.72 Å². The van der Waals surface area contributed by atoms with Gasteiger partial charge in [-0.05, 0) is 32.0 Å². The van der Waals surface area contributed by atoms with Gasteiger partial charge in [-0.3, -0.25) is 4.79 Å². The van der Waals surface area contributed by atoms with E-state index in [1.54, 1.807) is 6.92 Å². The fraction of sp³-hybridized carbons (Fsp3) is 0.333. The second-order valence-electron chi connectivity index (χ2n) is 4.15. The van der Waals surface area contributed by atoms with Crippen LogP contribution < -0.4 is 10.5 Å². The summed E-state index contributed by atoms with van der Waals surface area (Å²) < 4.78 is 31.0. The van der Waals surface area contributed by atoms with Crippen molar-refractivity contribution in [1.82, 2.24) is 4.72 Å². The molecule has 0 bridgehead atoms. The third kappa shape index (κ3) is 4.17. The van der Waals surface area contributed by atoms with Gasteiger partial charge in [-0.1, -0.05) is 0 Å². The van der Waals surface area contributed by atoms with Crippen LogP contribution in [0, 0.1) is 0 Å². The van der Waals surface area contributed by atoms with E-state index in [-0.39, 0.29) is 22.8 Å². The van der Waals surface area contributed by atoms with Crippen LogP contribution in [0.5, 0.6) is 0 Å². The predicted molar refractivity (Wildman–Crippen MR) is 74.2 cm³/mol. The van der Waals surface area contributed by atoms with Crippen LogP contribution in [0.1, 0.15) is 24.2 Å². The van der Waals surface area contributed by atoms with E-state index < -0.39 is 28.0 Å². The molecule has 0 heterocycles. The first-order valence-corrected chi connectivity index (χ1v) is 7.49. The molecule has 116 valence electrons. The number of anilines is 1. The Balaban J connectivity index is 3.03. The predicted octanol–water partition coefficient (Wildman–Crippen LogP) is 0.197. The van der Waals surface area contributed by atoms with Gasteiger partial charge >= 0.3 is 11.9 Å². The first-order chi connectivity index (χ1) is 9.69. The number of ether oxygens (including phenoxy) is 1. The summed E-state index contributed by atoms with van der Waals surface area (Å²) >= 11 is 0. The number of nitrogens with two attached hydrogens (primary N) is 1. The maximum atomic E-state index is 12.1. The topological polar surface area (TPSA) is 136 Å². The molecule has 8 nitrogen and oxygen atoms in total. The van der Waals surface area contributed by atoms with Crippen LogP contribution in [0.3, 0.4) is 0 Å². The Morgan fingerprint density at radius 2 is 2.05 bits per heavy atom. The number of hydrogen-bond acceptors (Lipinski definition) is 6. The molecule has 0 radical (unpaired) electrons. The van der Waals surface area contributed by atoms with Crippen molar-refractivity contribution in [3.63, 3.8) is 0 Å². The van der Waals surface area contributed by atoms with Crippen LogP contribution in [0.25, 0.3) is 0 Å². The van der Waals surface area contributed by atoms with Crippen LogP contribution >= 0.6 is 0 Å². The van der Waals surface area contributed by atoms with Gasteiger partial charge in [0.1, 0.15) is 10.9 Å². The fourth-order valence-electron chi connectivity index (χ4n) is 1.54. The van der Waals surface area contributed by atoms with Gasteiger partial charge in [-0.15, -0.1) is 0 Å². The zero-order chi connectivity index (χ0) is 16.2. The van der Waals surface area contributed by atoms with Crippen molar-refractivity contribution in [1.29, 1.82) is 0 Å². The average molecular weight is 316 g/mol. The summed E-state index contributed by atoms with van der Waals surface area (Å²) in [5.74, 6) is -1.94. The Kier molecular flexibility index (Phi) is 5.28. The van der Waals surface area contributed by atoms with E-state index in [4.69, 9.17) is 15.6 Å². The first-order valence-electron chi connectivity index (χ1n) is 6.00. The van der Waals surface area contributed by atoms with Crippen LogP contribution in [0.2, 0.25) is 0 Å². The molecule has 0 fully saturated rings. The quantitative estimate of drug-likeness (QED) is 0.503. The van der Waals surface area contributed by atoms with E-state index in [1.165, 1.54) is 6.92 Å². The number of rotatable bonds is 6. The molecule has 9 heteroatoms. The highest BCUT2D eigenvalue weighted by Crippen LogP contribution is 2.20. The van der Waals surface area contributed by atoms with E-state index >= 15 is 0 Å². The summed E-state index contributed by atoms with van der Waals surface area (Å²) in [6.07, 6.45) is 0. The van der Waals surface area contributed by atoms with Crippen LogP contribution in [0.4, 0.5) is 5.69 Å². The van der Waals surface area contributed by atoms with Crippen molar-refractivity contribution in [2.45, 2.75) is 24.8 Å². The van der Waals surface area contributed by atoms with Crippen molar-refractivity contribution in [2.24, 2.45) is 0 Å². The molecule has 21 heavy (non-hydrogen) atoms. The largest absolute Gasteiger partial charge is 0.478 e. The van der Waals surface area contributed by atoms with Crippen molar-refractivity contribution in [3.05, 3.63) is 23.8 Å². The fourth-order valence-corrected chi connectivity index (χ4v) is 2.84. The third-order valence-electron chi connectivity index (χ3n) is 2.52. The number of nitrogen functional groups attached to an aromatic ring is 1. The average Bonchev–Trinajstić information content (AvgIpc) is 2.37. The highest BCUT2D eigenvalue weighted by Gasteiger charge is 2.25. The number of nitrogens with one attached hydrogen (secondary N) is 1. The lowest BCUT2D eigenvalue weighted by Gasteiger charge is -2.14. The number of sulfonamides is 1. The summed E-state index contributed by atoms with van der Waals surface area (Å²) in [7, 11) is -4.06. The first kappa shape index (κ1) is 16.9. The molecular formula is C12H16N2O6S. The summed E-state index contributed by atoms with van der Waals surface area (Å²) in [4.78, 5) is 21.9. The molecule has 0 aromatic heterocycles. The number of hydrogen-bond donors (Lipinski definition) is 3. The molecule has 0 spiro atoms. The van der Waals surface area contributed by atoms with E-state index in [9.17, 15) is 18.0 Å². The van der Waals surface area contributed by atoms with Gasteiger partial charge in [0.05, 0.1) is 17.9 Å². The summed E-state index contributed by atoms with van der Waals surface area (Å²) in [5, 5.41) is 8.80. The smallest absolute Gasteiger partial charge is 0.335 e. The molecule has 0 saturated heterocycles. The molecule has 0 aliphatic heterocycles. The molecule has 1 rings (SSSR count). The Morgan fingerprint density at radius 3 is 2.52 bits per heavy atom. The van der Waals surface area contributed by atoms with Gasteiger partial charge in [-0.25, -0.2) is 13.2 Å². The van der Waals surface area contributed by atoms with Crippen LogP contribution in [-0.2, 0) is 19.6 Å². The van der Waals surface area contributed by atoms with Gasteiger partial charge in [0.25, 0.3) is 0 Å². The van der Waals surface area contributed by atoms with Gasteiger partial charge in [0, 0.05) is 0 Å². The molecule has 4 N–H and O–H groups in total. The van der Waals surface area contributed by atoms with Crippen molar-refractivity contribution in [3.8, 4) is 0 Å². The highest BCUT2D eigenvalue weighted by atomic mass is 32.2. The number of carboxylic acid groups (broad SMARTS) is 1. The summed E-state index contributed by atoms with van der Waals surface area (Å²) in [6.45, 7) is 3.05.